The van der Waals surface area contributed by atoms with Crippen molar-refractivity contribution in [2.45, 2.75) is 20.4 Å². The van der Waals surface area contributed by atoms with Crippen molar-refractivity contribution in [1.82, 2.24) is 14.8 Å². The van der Waals surface area contributed by atoms with Crippen LogP contribution in [-0.4, -0.2) is 14.8 Å². The summed E-state index contributed by atoms with van der Waals surface area (Å²) in [6, 6.07) is 0. The molecule has 0 saturated carbocycles. The van der Waals surface area contributed by atoms with Gasteiger partial charge < -0.3 is 4.42 Å². The smallest absolute Gasteiger partial charge is 0.216 e. The SMILES string of the molecule is Cc1cnc(Cn2ncc(Cl)c2C)o1. The molecule has 0 spiro atoms. The normalized spacial score (nSPS) is 10.8. The second-order valence-corrected chi connectivity index (χ2v) is 3.51. The van der Waals surface area contributed by atoms with Crippen molar-refractivity contribution in [2.24, 2.45) is 0 Å². The number of rotatable bonds is 2. The fraction of sp³-hybridized carbons (Fsp3) is 0.333. The van der Waals surface area contributed by atoms with Gasteiger partial charge in [0, 0.05) is 0 Å². The molecule has 0 unspecified atom stereocenters. The summed E-state index contributed by atoms with van der Waals surface area (Å²) in [5.41, 5.74) is 0.919. The maximum Gasteiger partial charge on any atom is 0.216 e. The van der Waals surface area contributed by atoms with Crippen LogP contribution in [0.25, 0.3) is 0 Å². The molecule has 0 aromatic carbocycles. The second kappa shape index (κ2) is 3.46. The maximum atomic E-state index is 5.87. The lowest BCUT2D eigenvalue weighted by Crippen LogP contribution is -2.03. The van der Waals surface area contributed by atoms with Crippen molar-refractivity contribution < 1.29 is 4.42 Å². The monoisotopic (exact) mass is 211 g/mol. The van der Waals surface area contributed by atoms with Gasteiger partial charge in [-0.3, -0.25) is 4.68 Å². The number of hydrogen-bond donors (Lipinski definition) is 0. The molecule has 0 fully saturated rings. The van der Waals surface area contributed by atoms with Crippen LogP contribution >= 0.6 is 11.6 Å². The van der Waals surface area contributed by atoms with E-state index in [1.54, 1.807) is 17.1 Å². The Morgan fingerprint density at radius 2 is 2.21 bits per heavy atom. The van der Waals surface area contributed by atoms with Crippen LogP contribution in [0.5, 0.6) is 0 Å². The maximum absolute atomic E-state index is 5.87. The molecule has 0 N–H and O–H groups in total. The number of hydrogen-bond acceptors (Lipinski definition) is 3. The lowest BCUT2D eigenvalue weighted by atomic mass is 10.5. The van der Waals surface area contributed by atoms with Crippen LogP contribution in [-0.2, 0) is 6.54 Å². The minimum absolute atomic E-state index is 0.520. The van der Waals surface area contributed by atoms with Crippen molar-refractivity contribution in [3.05, 3.63) is 34.8 Å². The van der Waals surface area contributed by atoms with E-state index in [2.05, 4.69) is 10.1 Å². The molecule has 2 aromatic rings. The highest BCUT2D eigenvalue weighted by atomic mass is 35.5. The van der Waals surface area contributed by atoms with Crippen molar-refractivity contribution >= 4 is 11.6 Å². The van der Waals surface area contributed by atoms with E-state index in [-0.39, 0.29) is 0 Å². The minimum Gasteiger partial charge on any atom is -0.444 e. The Hall–Kier alpha value is -1.29. The fourth-order valence-corrected chi connectivity index (χ4v) is 1.33. The Balaban J connectivity index is 2.22. The Labute approximate surface area is 86.5 Å². The van der Waals surface area contributed by atoms with Gasteiger partial charge in [-0.05, 0) is 13.8 Å². The first-order valence-corrected chi connectivity index (χ1v) is 4.64. The molecule has 0 aliphatic carbocycles. The van der Waals surface area contributed by atoms with Gasteiger partial charge in [0.1, 0.15) is 12.3 Å². The third-order valence-corrected chi connectivity index (χ3v) is 2.37. The first kappa shape index (κ1) is 9.27. The van der Waals surface area contributed by atoms with Gasteiger partial charge in [0.25, 0.3) is 0 Å². The van der Waals surface area contributed by atoms with Crippen LogP contribution < -0.4 is 0 Å². The molecule has 4 nitrogen and oxygen atoms in total. The predicted octanol–water partition coefficient (Wildman–Crippen LogP) is 2.19. The van der Waals surface area contributed by atoms with Gasteiger partial charge in [0.15, 0.2) is 0 Å². The summed E-state index contributed by atoms with van der Waals surface area (Å²) >= 11 is 5.87. The summed E-state index contributed by atoms with van der Waals surface area (Å²) in [7, 11) is 0. The van der Waals surface area contributed by atoms with Gasteiger partial charge in [0.05, 0.1) is 23.1 Å². The van der Waals surface area contributed by atoms with E-state index in [1.165, 1.54) is 0 Å². The van der Waals surface area contributed by atoms with Crippen LogP contribution in [0.4, 0.5) is 0 Å². The standard InChI is InChI=1S/C9H10ClN3O/c1-6-3-11-9(14-6)5-13-7(2)8(10)4-12-13/h3-4H,5H2,1-2H3. The van der Waals surface area contributed by atoms with Gasteiger partial charge in [-0.2, -0.15) is 5.10 Å². The zero-order chi connectivity index (χ0) is 10.1. The Bertz CT molecular complexity index is 447. The van der Waals surface area contributed by atoms with Crippen LogP contribution in [0.15, 0.2) is 16.8 Å². The van der Waals surface area contributed by atoms with Gasteiger partial charge in [-0.1, -0.05) is 11.6 Å². The molecule has 74 valence electrons. The molecule has 14 heavy (non-hydrogen) atoms. The Kier molecular flexibility index (Phi) is 2.29. The summed E-state index contributed by atoms with van der Waals surface area (Å²) in [6.07, 6.45) is 3.31. The van der Waals surface area contributed by atoms with Gasteiger partial charge in [0.2, 0.25) is 5.89 Å². The van der Waals surface area contributed by atoms with Crippen LogP contribution in [0.1, 0.15) is 17.3 Å². The second-order valence-electron chi connectivity index (χ2n) is 3.10. The zero-order valence-corrected chi connectivity index (χ0v) is 8.75. The molecule has 2 rings (SSSR count). The van der Waals surface area contributed by atoms with E-state index in [1.807, 2.05) is 13.8 Å². The van der Waals surface area contributed by atoms with E-state index in [9.17, 15) is 0 Å². The zero-order valence-electron chi connectivity index (χ0n) is 7.99. The van der Waals surface area contributed by atoms with Crippen molar-refractivity contribution in [3.63, 3.8) is 0 Å². The van der Waals surface area contributed by atoms with Crippen molar-refractivity contribution in [1.29, 1.82) is 0 Å². The van der Waals surface area contributed by atoms with Gasteiger partial charge >= 0.3 is 0 Å². The van der Waals surface area contributed by atoms with Crippen molar-refractivity contribution in [2.75, 3.05) is 0 Å². The number of halogens is 1. The van der Waals surface area contributed by atoms with E-state index in [0.29, 0.717) is 17.5 Å². The highest BCUT2D eigenvalue weighted by molar-refractivity contribution is 6.31. The van der Waals surface area contributed by atoms with Crippen molar-refractivity contribution in [3.8, 4) is 0 Å². The lowest BCUT2D eigenvalue weighted by molar-refractivity contribution is 0.444. The molecule has 5 heteroatoms. The summed E-state index contributed by atoms with van der Waals surface area (Å²) in [5, 5.41) is 4.77. The largest absolute Gasteiger partial charge is 0.444 e. The Morgan fingerprint density at radius 1 is 1.43 bits per heavy atom. The predicted molar refractivity (Wildman–Crippen MR) is 52.3 cm³/mol. The number of aryl methyl sites for hydroxylation is 1. The highest BCUT2D eigenvalue weighted by Gasteiger charge is 2.07. The molecule has 0 radical (unpaired) electrons. The topological polar surface area (TPSA) is 43.9 Å². The summed E-state index contributed by atoms with van der Waals surface area (Å²) < 4.78 is 7.09. The third kappa shape index (κ3) is 1.65. The first-order chi connectivity index (χ1) is 6.66. The van der Waals surface area contributed by atoms with Crippen LogP contribution in [0, 0.1) is 13.8 Å². The van der Waals surface area contributed by atoms with E-state index >= 15 is 0 Å². The highest BCUT2D eigenvalue weighted by Crippen LogP contribution is 2.14. The molecule has 2 heterocycles. The van der Waals surface area contributed by atoms with Gasteiger partial charge in [-0.25, -0.2) is 4.98 Å². The molecule has 0 atom stereocenters. The van der Waals surface area contributed by atoms with E-state index < -0.39 is 0 Å². The molecule has 0 aliphatic heterocycles. The molecule has 0 amide bonds. The summed E-state index contributed by atoms with van der Waals surface area (Å²) in [4.78, 5) is 4.09. The molecular formula is C9H10ClN3O. The van der Waals surface area contributed by atoms with Crippen LogP contribution in [0.2, 0.25) is 5.02 Å². The molecule has 0 bridgehead atoms. The number of aromatic nitrogens is 3. The summed E-state index contributed by atoms with van der Waals surface area (Å²) in [6.45, 7) is 4.29. The quantitative estimate of drug-likeness (QED) is 0.765. The third-order valence-electron chi connectivity index (χ3n) is 2.00. The molecule has 0 aliphatic rings. The number of nitrogens with zero attached hydrogens (tertiary/aromatic N) is 3. The van der Waals surface area contributed by atoms with Gasteiger partial charge in [-0.15, -0.1) is 0 Å². The van der Waals surface area contributed by atoms with Crippen LogP contribution in [0.3, 0.4) is 0 Å². The average molecular weight is 212 g/mol. The molecular weight excluding hydrogens is 202 g/mol. The summed E-state index contributed by atoms with van der Waals surface area (Å²) in [5.74, 6) is 1.45. The minimum atomic E-state index is 0.520. The first-order valence-electron chi connectivity index (χ1n) is 4.26. The van der Waals surface area contributed by atoms with E-state index in [4.69, 9.17) is 16.0 Å². The average Bonchev–Trinajstić information content (AvgIpc) is 2.67. The number of oxazole rings is 1. The lowest BCUT2D eigenvalue weighted by Gasteiger charge is -1.99. The molecule has 0 saturated heterocycles. The fourth-order valence-electron chi connectivity index (χ4n) is 1.19. The Morgan fingerprint density at radius 3 is 2.71 bits per heavy atom. The van der Waals surface area contributed by atoms with E-state index in [0.717, 1.165) is 11.5 Å². The molecule has 2 aromatic heterocycles.